The Bertz CT molecular complexity index is 382. The largest absolute Gasteiger partial charge is 0.391 e. The van der Waals surface area contributed by atoms with Gasteiger partial charge in [-0.1, -0.05) is 13.3 Å². The fraction of sp³-hybridized carbons (Fsp3) is 0.769. The summed E-state index contributed by atoms with van der Waals surface area (Å²) in [6, 6.07) is 0.668. The highest BCUT2D eigenvalue weighted by atomic mass is 16.3. The Morgan fingerprint density at radius 2 is 2.18 bits per heavy atom. The highest BCUT2D eigenvalue weighted by Crippen LogP contribution is 2.34. The Morgan fingerprint density at radius 3 is 2.71 bits per heavy atom. The van der Waals surface area contributed by atoms with Gasteiger partial charge in [0.1, 0.15) is 5.82 Å². The van der Waals surface area contributed by atoms with Crippen molar-refractivity contribution in [1.82, 2.24) is 9.78 Å². The molecule has 0 aromatic carbocycles. The third-order valence-electron chi connectivity index (χ3n) is 3.48. The van der Waals surface area contributed by atoms with E-state index in [0.717, 1.165) is 23.6 Å². The molecule has 1 saturated carbocycles. The van der Waals surface area contributed by atoms with Crippen molar-refractivity contribution in [2.24, 2.45) is 7.05 Å². The number of anilines is 1. The SMILES string of the molecule is CCCCN(c1c(CO)c(C)nn1C)C1CC1. The molecule has 4 nitrogen and oxygen atoms in total. The van der Waals surface area contributed by atoms with Crippen molar-refractivity contribution < 1.29 is 5.11 Å². The van der Waals surface area contributed by atoms with E-state index >= 15 is 0 Å². The van der Waals surface area contributed by atoms with E-state index < -0.39 is 0 Å². The first-order chi connectivity index (χ1) is 8.19. The van der Waals surface area contributed by atoms with Gasteiger partial charge in [-0.05, 0) is 26.2 Å². The lowest BCUT2D eigenvalue weighted by Crippen LogP contribution is -2.29. The molecule has 96 valence electrons. The minimum absolute atomic E-state index is 0.0877. The van der Waals surface area contributed by atoms with Crippen LogP contribution < -0.4 is 4.90 Å². The summed E-state index contributed by atoms with van der Waals surface area (Å²) in [5, 5.41) is 13.9. The summed E-state index contributed by atoms with van der Waals surface area (Å²) in [6.45, 7) is 5.35. The number of rotatable bonds is 6. The molecule has 4 heteroatoms. The number of unbranched alkanes of at least 4 members (excludes halogenated alkanes) is 1. The molecular formula is C13H23N3O. The molecule has 1 aliphatic carbocycles. The van der Waals surface area contributed by atoms with Crippen LogP contribution in [0.2, 0.25) is 0 Å². The zero-order chi connectivity index (χ0) is 12.4. The molecule has 0 bridgehead atoms. The van der Waals surface area contributed by atoms with Crippen LogP contribution in [-0.2, 0) is 13.7 Å². The molecule has 0 atom stereocenters. The van der Waals surface area contributed by atoms with Crippen LogP contribution in [-0.4, -0.2) is 27.5 Å². The van der Waals surface area contributed by atoms with Crippen LogP contribution in [0.1, 0.15) is 43.9 Å². The van der Waals surface area contributed by atoms with Crippen LogP contribution in [0.5, 0.6) is 0 Å². The first-order valence-corrected chi connectivity index (χ1v) is 6.59. The monoisotopic (exact) mass is 237 g/mol. The van der Waals surface area contributed by atoms with Gasteiger partial charge in [0, 0.05) is 25.2 Å². The standard InChI is InChI=1S/C13H23N3O/c1-4-5-8-16(11-6-7-11)13-12(9-17)10(2)14-15(13)3/h11,17H,4-9H2,1-3H3. The third-order valence-corrected chi connectivity index (χ3v) is 3.48. The molecule has 0 unspecified atom stereocenters. The van der Waals surface area contributed by atoms with Gasteiger partial charge in [0.2, 0.25) is 0 Å². The van der Waals surface area contributed by atoms with Gasteiger partial charge in [-0.15, -0.1) is 0 Å². The van der Waals surface area contributed by atoms with Crippen molar-refractivity contribution in [3.63, 3.8) is 0 Å². The molecule has 0 spiro atoms. The van der Waals surface area contributed by atoms with Gasteiger partial charge in [0.05, 0.1) is 12.3 Å². The highest BCUT2D eigenvalue weighted by molar-refractivity contribution is 5.51. The van der Waals surface area contributed by atoms with Crippen molar-refractivity contribution in [2.75, 3.05) is 11.4 Å². The second-order valence-corrected chi connectivity index (χ2v) is 4.95. The normalized spacial score (nSPS) is 15.3. The van der Waals surface area contributed by atoms with Gasteiger partial charge in [-0.25, -0.2) is 0 Å². The van der Waals surface area contributed by atoms with Crippen LogP contribution in [0.25, 0.3) is 0 Å². The van der Waals surface area contributed by atoms with Crippen molar-refractivity contribution >= 4 is 5.82 Å². The van der Waals surface area contributed by atoms with E-state index in [2.05, 4.69) is 16.9 Å². The quantitative estimate of drug-likeness (QED) is 0.822. The first-order valence-electron chi connectivity index (χ1n) is 6.59. The lowest BCUT2D eigenvalue weighted by Gasteiger charge is -2.25. The second kappa shape index (κ2) is 5.08. The van der Waals surface area contributed by atoms with Crippen LogP contribution >= 0.6 is 0 Å². The maximum absolute atomic E-state index is 9.51. The van der Waals surface area contributed by atoms with Crippen molar-refractivity contribution in [2.45, 2.75) is 52.2 Å². The maximum atomic E-state index is 9.51. The second-order valence-electron chi connectivity index (χ2n) is 4.95. The highest BCUT2D eigenvalue weighted by Gasteiger charge is 2.32. The van der Waals surface area contributed by atoms with E-state index in [4.69, 9.17) is 0 Å². The van der Waals surface area contributed by atoms with E-state index in [1.54, 1.807) is 0 Å². The lowest BCUT2D eigenvalue weighted by atomic mass is 10.2. The molecule has 1 heterocycles. The number of aryl methyl sites for hydroxylation is 2. The summed E-state index contributed by atoms with van der Waals surface area (Å²) in [6.07, 6.45) is 4.96. The molecule has 1 aromatic heterocycles. The van der Waals surface area contributed by atoms with Crippen LogP contribution in [0, 0.1) is 6.92 Å². The number of aliphatic hydroxyl groups excluding tert-OH is 1. The van der Waals surface area contributed by atoms with Gasteiger partial charge in [0.25, 0.3) is 0 Å². The zero-order valence-corrected chi connectivity index (χ0v) is 11.1. The molecule has 17 heavy (non-hydrogen) atoms. The summed E-state index contributed by atoms with van der Waals surface area (Å²) >= 11 is 0. The van der Waals surface area contributed by atoms with E-state index in [9.17, 15) is 5.11 Å². The number of hydrogen-bond donors (Lipinski definition) is 1. The Morgan fingerprint density at radius 1 is 1.47 bits per heavy atom. The molecule has 1 aliphatic rings. The first kappa shape index (κ1) is 12.4. The summed E-state index contributed by atoms with van der Waals surface area (Å²) in [5.41, 5.74) is 1.95. The molecule has 1 fully saturated rings. The molecule has 0 saturated heterocycles. The predicted octanol–water partition coefficient (Wildman–Crippen LogP) is 1.99. The minimum atomic E-state index is 0.0877. The fourth-order valence-corrected chi connectivity index (χ4v) is 2.41. The number of hydrogen-bond acceptors (Lipinski definition) is 3. The van der Waals surface area contributed by atoms with Gasteiger partial charge in [0.15, 0.2) is 0 Å². The molecule has 1 N–H and O–H groups in total. The molecule has 1 aromatic rings. The Hall–Kier alpha value is -1.03. The average molecular weight is 237 g/mol. The van der Waals surface area contributed by atoms with Crippen LogP contribution in [0.4, 0.5) is 5.82 Å². The maximum Gasteiger partial charge on any atom is 0.132 e. The van der Waals surface area contributed by atoms with Gasteiger partial charge >= 0.3 is 0 Å². The summed E-state index contributed by atoms with van der Waals surface area (Å²) in [7, 11) is 1.98. The van der Waals surface area contributed by atoms with E-state index in [1.165, 1.54) is 25.7 Å². The molecule has 2 rings (SSSR count). The Kier molecular flexibility index (Phi) is 3.72. The van der Waals surface area contributed by atoms with Crippen molar-refractivity contribution in [3.8, 4) is 0 Å². The van der Waals surface area contributed by atoms with Crippen LogP contribution in [0.3, 0.4) is 0 Å². The molecule has 0 radical (unpaired) electrons. The fourth-order valence-electron chi connectivity index (χ4n) is 2.41. The molecular weight excluding hydrogens is 214 g/mol. The van der Waals surface area contributed by atoms with Gasteiger partial charge in [-0.3, -0.25) is 4.68 Å². The third kappa shape index (κ3) is 2.46. The van der Waals surface area contributed by atoms with Crippen LogP contribution in [0.15, 0.2) is 0 Å². The van der Waals surface area contributed by atoms with E-state index in [-0.39, 0.29) is 6.61 Å². The Balaban J connectivity index is 2.27. The topological polar surface area (TPSA) is 41.3 Å². The van der Waals surface area contributed by atoms with E-state index in [1.807, 2.05) is 18.7 Å². The van der Waals surface area contributed by atoms with E-state index in [0.29, 0.717) is 6.04 Å². The summed E-state index contributed by atoms with van der Waals surface area (Å²) in [4.78, 5) is 2.44. The lowest BCUT2D eigenvalue weighted by molar-refractivity contribution is 0.281. The molecule has 0 amide bonds. The Labute approximate surface area is 103 Å². The number of aliphatic hydroxyl groups is 1. The number of aromatic nitrogens is 2. The van der Waals surface area contributed by atoms with Crippen molar-refractivity contribution in [3.05, 3.63) is 11.3 Å². The summed E-state index contributed by atoms with van der Waals surface area (Å²) < 4.78 is 1.93. The van der Waals surface area contributed by atoms with Gasteiger partial charge in [-0.2, -0.15) is 5.10 Å². The number of nitrogens with zero attached hydrogens (tertiary/aromatic N) is 3. The smallest absolute Gasteiger partial charge is 0.132 e. The van der Waals surface area contributed by atoms with Crippen molar-refractivity contribution in [1.29, 1.82) is 0 Å². The average Bonchev–Trinajstić information content (AvgIpc) is 3.07. The predicted molar refractivity (Wildman–Crippen MR) is 69.1 cm³/mol. The summed E-state index contributed by atoms with van der Waals surface area (Å²) in [5.74, 6) is 1.13. The zero-order valence-electron chi connectivity index (χ0n) is 11.1. The molecule has 0 aliphatic heterocycles. The minimum Gasteiger partial charge on any atom is -0.391 e. The van der Waals surface area contributed by atoms with Gasteiger partial charge < -0.3 is 10.0 Å².